The van der Waals surface area contributed by atoms with Crippen LogP contribution < -0.4 is 10.5 Å². The Morgan fingerprint density at radius 2 is 2.27 bits per heavy atom. The Hall–Kier alpha value is -1.29. The number of hydrogen-bond donors (Lipinski definition) is 2. The van der Waals surface area contributed by atoms with E-state index in [2.05, 4.69) is 32.4 Å². The fourth-order valence-electron chi connectivity index (χ4n) is 0.694. The van der Waals surface area contributed by atoms with Gasteiger partial charge in [0, 0.05) is 0 Å². The van der Waals surface area contributed by atoms with Crippen molar-refractivity contribution in [2.45, 2.75) is 12.2 Å². The first-order valence-corrected chi connectivity index (χ1v) is 5.83. The molecule has 3 N–H and O–H groups in total. The predicted molar refractivity (Wildman–Crippen MR) is 57.6 cm³/mol. The topological polar surface area (TPSA) is 116 Å². The van der Waals surface area contributed by atoms with Crippen LogP contribution in [0.25, 0.3) is 0 Å². The Morgan fingerprint density at radius 1 is 1.67 bits per heavy atom. The Balaban J connectivity index is 2.86. The zero-order chi connectivity index (χ0) is 11.6. The van der Waals surface area contributed by atoms with Crippen molar-refractivity contribution >= 4 is 33.2 Å². The SMILES string of the molecule is CC(C(N)=S)S(=O)(=O)Nc1nnn(C)n1. The summed E-state index contributed by atoms with van der Waals surface area (Å²) >= 11 is 4.58. The molecule has 0 aliphatic heterocycles. The van der Waals surface area contributed by atoms with Crippen LogP contribution in [0, 0.1) is 0 Å². The van der Waals surface area contributed by atoms with Crippen molar-refractivity contribution in [2.24, 2.45) is 12.8 Å². The lowest BCUT2D eigenvalue weighted by atomic mass is 10.5. The third kappa shape index (κ3) is 2.83. The smallest absolute Gasteiger partial charge is 0.276 e. The van der Waals surface area contributed by atoms with Gasteiger partial charge in [-0.3, -0.25) is 0 Å². The van der Waals surface area contributed by atoms with Crippen LogP contribution >= 0.6 is 12.2 Å². The van der Waals surface area contributed by atoms with Gasteiger partial charge in [0.1, 0.15) is 5.25 Å². The van der Waals surface area contributed by atoms with Gasteiger partial charge in [0.2, 0.25) is 10.0 Å². The quantitative estimate of drug-likeness (QED) is 0.633. The lowest BCUT2D eigenvalue weighted by molar-refractivity contribution is 0.598. The summed E-state index contributed by atoms with van der Waals surface area (Å²) in [6.07, 6.45) is 0. The van der Waals surface area contributed by atoms with Crippen molar-refractivity contribution in [3.05, 3.63) is 0 Å². The Morgan fingerprint density at radius 3 is 2.67 bits per heavy atom. The van der Waals surface area contributed by atoms with E-state index in [0.29, 0.717) is 0 Å². The van der Waals surface area contributed by atoms with Crippen LogP contribution in [0.2, 0.25) is 0 Å². The molecule has 1 rings (SSSR count). The second kappa shape index (κ2) is 4.06. The number of tetrazole rings is 1. The minimum atomic E-state index is -3.69. The Bertz CT molecular complexity index is 466. The average Bonchev–Trinajstić information content (AvgIpc) is 2.48. The van der Waals surface area contributed by atoms with E-state index in [4.69, 9.17) is 5.73 Å². The first-order chi connectivity index (χ1) is 6.83. The molecule has 0 aromatic carbocycles. The Labute approximate surface area is 91.9 Å². The molecular weight excluding hydrogens is 240 g/mol. The van der Waals surface area contributed by atoms with E-state index in [-0.39, 0.29) is 10.9 Å². The highest BCUT2D eigenvalue weighted by Crippen LogP contribution is 2.05. The minimum absolute atomic E-state index is 0.111. The van der Waals surface area contributed by atoms with Crippen LogP contribution in [0.15, 0.2) is 0 Å². The molecule has 0 fully saturated rings. The van der Waals surface area contributed by atoms with E-state index in [1.807, 2.05) is 0 Å². The minimum Gasteiger partial charge on any atom is -0.392 e. The second-order valence-corrected chi connectivity index (χ2v) is 5.27. The predicted octanol–water partition coefficient (Wildman–Crippen LogP) is -1.37. The molecule has 0 saturated carbocycles. The molecule has 1 atom stereocenters. The van der Waals surface area contributed by atoms with E-state index in [1.165, 1.54) is 14.0 Å². The van der Waals surface area contributed by atoms with Crippen molar-refractivity contribution in [3.63, 3.8) is 0 Å². The molecule has 0 aliphatic carbocycles. The van der Waals surface area contributed by atoms with Gasteiger partial charge in [0.25, 0.3) is 5.95 Å². The molecule has 15 heavy (non-hydrogen) atoms. The summed E-state index contributed by atoms with van der Waals surface area (Å²) in [5, 5.41) is 9.61. The van der Waals surface area contributed by atoms with E-state index in [0.717, 1.165) is 4.80 Å². The molecule has 0 saturated heterocycles. The van der Waals surface area contributed by atoms with Crippen molar-refractivity contribution in [2.75, 3.05) is 4.72 Å². The van der Waals surface area contributed by atoms with E-state index >= 15 is 0 Å². The average molecular weight is 250 g/mol. The third-order valence-electron chi connectivity index (χ3n) is 1.61. The van der Waals surface area contributed by atoms with E-state index < -0.39 is 15.3 Å². The van der Waals surface area contributed by atoms with Crippen LogP contribution in [0.5, 0.6) is 0 Å². The highest BCUT2D eigenvalue weighted by molar-refractivity contribution is 7.95. The molecule has 0 spiro atoms. The van der Waals surface area contributed by atoms with Gasteiger partial charge in [0.15, 0.2) is 0 Å². The first kappa shape index (κ1) is 11.8. The van der Waals surface area contributed by atoms with Gasteiger partial charge in [-0.2, -0.15) is 4.80 Å². The van der Waals surface area contributed by atoms with Gasteiger partial charge >= 0.3 is 0 Å². The number of nitrogens with one attached hydrogen (secondary N) is 1. The number of sulfonamides is 1. The summed E-state index contributed by atoms with van der Waals surface area (Å²) in [6, 6.07) is 0. The normalized spacial score (nSPS) is 13.5. The van der Waals surface area contributed by atoms with Crippen LogP contribution in [0.1, 0.15) is 6.92 Å². The number of nitrogens with zero attached hydrogens (tertiary/aromatic N) is 4. The number of rotatable bonds is 4. The van der Waals surface area contributed by atoms with Crippen molar-refractivity contribution < 1.29 is 8.42 Å². The summed E-state index contributed by atoms with van der Waals surface area (Å²) in [6.45, 7) is 1.38. The van der Waals surface area contributed by atoms with Gasteiger partial charge in [-0.1, -0.05) is 17.3 Å². The van der Waals surface area contributed by atoms with Crippen molar-refractivity contribution in [1.29, 1.82) is 0 Å². The fraction of sp³-hybridized carbons (Fsp3) is 0.600. The van der Waals surface area contributed by atoms with Gasteiger partial charge in [0.05, 0.1) is 12.0 Å². The van der Waals surface area contributed by atoms with E-state index in [9.17, 15) is 8.42 Å². The first-order valence-electron chi connectivity index (χ1n) is 3.88. The molecular formula is C5H10N6O2S2. The highest BCUT2D eigenvalue weighted by Gasteiger charge is 2.24. The number of aromatic nitrogens is 4. The number of nitrogens with two attached hydrogens (primary N) is 1. The largest absolute Gasteiger partial charge is 0.392 e. The van der Waals surface area contributed by atoms with Crippen LogP contribution in [-0.2, 0) is 17.1 Å². The summed E-state index contributed by atoms with van der Waals surface area (Å²) in [5.74, 6) is -0.111. The van der Waals surface area contributed by atoms with E-state index in [1.54, 1.807) is 0 Å². The molecule has 1 aromatic heterocycles. The zero-order valence-electron chi connectivity index (χ0n) is 8.08. The van der Waals surface area contributed by atoms with Crippen molar-refractivity contribution in [1.82, 2.24) is 20.2 Å². The number of thiocarbonyl (C=S) groups is 1. The highest BCUT2D eigenvalue weighted by atomic mass is 32.2. The summed E-state index contributed by atoms with van der Waals surface area (Å²) in [7, 11) is -2.18. The molecule has 1 aromatic rings. The maximum atomic E-state index is 11.6. The molecule has 1 heterocycles. The van der Waals surface area contributed by atoms with Crippen LogP contribution in [0.4, 0.5) is 5.95 Å². The molecule has 0 aliphatic rings. The summed E-state index contributed by atoms with van der Waals surface area (Å²) in [5.41, 5.74) is 5.23. The van der Waals surface area contributed by atoms with Gasteiger partial charge in [-0.15, -0.1) is 5.10 Å². The Kier molecular flexibility index (Phi) is 3.19. The third-order valence-corrected chi connectivity index (χ3v) is 3.76. The number of anilines is 1. The van der Waals surface area contributed by atoms with Crippen molar-refractivity contribution in [3.8, 4) is 0 Å². The standard InChI is InChI=1S/C5H10N6O2S2/c1-3(4(6)14)15(12,13)9-5-7-10-11(2)8-5/h3H,1-2H3,(H2,6,14)(H,8,9). The van der Waals surface area contributed by atoms with Crippen LogP contribution in [-0.4, -0.2) is 38.9 Å². The fourth-order valence-corrected chi connectivity index (χ4v) is 1.89. The number of aryl methyl sites for hydroxylation is 1. The lowest BCUT2D eigenvalue weighted by Gasteiger charge is -2.10. The molecule has 0 bridgehead atoms. The monoisotopic (exact) mass is 250 g/mol. The zero-order valence-corrected chi connectivity index (χ0v) is 9.71. The molecule has 1 unspecified atom stereocenters. The summed E-state index contributed by atoms with van der Waals surface area (Å²) < 4.78 is 25.2. The van der Waals surface area contributed by atoms with Gasteiger partial charge in [-0.05, 0) is 12.1 Å². The van der Waals surface area contributed by atoms with Crippen LogP contribution in [0.3, 0.4) is 0 Å². The number of hydrogen-bond acceptors (Lipinski definition) is 6. The second-order valence-electron chi connectivity index (χ2n) is 2.79. The molecule has 0 radical (unpaired) electrons. The lowest BCUT2D eigenvalue weighted by Crippen LogP contribution is -2.36. The molecule has 84 valence electrons. The summed E-state index contributed by atoms with van der Waals surface area (Å²) in [4.78, 5) is 1.01. The molecule has 8 nitrogen and oxygen atoms in total. The van der Waals surface area contributed by atoms with Gasteiger partial charge < -0.3 is 5.73 Å². The maximum absolute atomic E-state index is 11.6. The molecule has 0 amide bonds. The maximum Gasteiger partial charge on any atom is 0.276 e. The van der Waals surface area contributed by atoms with Gasteiger partial charge in [-0.25, -0.2) is 13.1 Å². The molecule has 10 heteroatoms.